The Hall–Kier alpha value is -2.42. The molecule has 1 aromatic heterocycles. The summed E-state index contributed by atoms with van der Waals surface area (Å²) in [6, 6.07) is 15.1. The van der Waals surface area contributed by atoms with Gasteiger partial charge in [0.2, 0.25) is 0 Å². The van der Waals surface area contributed by atoms with Gasteiger partial charge in [-0.15, -0.1) is 10.2 Å². The number of hydrogen-bond acceptors (Lipinski definition) is 2. The zero-order valence-corrected chi connectivity index (χ0v) is 17.9. The summed E-state index contributed by atoms with van der Waals surface area (Å²) in [7, 11) is 0. The second-order valence-corrected chi connectivity index (χ2v) is 9.22. The van der Waals surface area contributed by atoms with Gasteiger partial charge in [0.25, 0.3) is 0 Å². The summed E-state index contributed by atoms with van der Waals surface area (Å²) in [5.41, 5.74) is 5.85. The molecule has 27 heavy (non-hydrogen) atoms. The van der Waals surface area contributed by atoms with Crippen molar-refractivity contribution >= 4 is 0 Å². The predicted octanol–water partition coefficient (Wildman–Crippen LogP) is 6.18. The first-order chi connectivity index (χ1) is 12.5. The fraction of sp³-hybridized carbons (Fsp3) is 0.417. The maximum Gasteiger partial charge on any atom is 0.168 e. The highest BCUT2D eigenvalue weighted by Crippen LogP contribution is 2.42. The Labute approximate surface area is 163 Å². The molecule has 3 nitrogen and oxygen atoms in total. The number of benzene rings is 2. The van der Waals surface area contributed by atoms with Crippen LogP contribution in [0.2, 0.25) is 0 Å². The molecule has 3 rings (SSSR count). The van der Waals surface area contributed by atoms with E-state index in [1.54, 1.807) is 0 Å². The Balaban J connectivity index is 2.34. The molecular formula is C24H31N3. The van der Waals surface area contributed by atoms with Crippen LogP contribution in [0.25, 0.3) is 17.1 Å². The molecule has 2 aromatic carbocycles. The third-order valence-electron chi connectivity index (χ3n) is 5.97. The standard InChI is InChI=1S/C24H31N3/c1-16-10-9-11-19(15-16)21-25-26-22(24(7,8)23(4,5)6)27(21)20-13-12-17(2)14-18(20)3/h9-15H,1-8H3. The summed E-state index contributed by atoms with van der Waals surface area (Å²) in [6.07, 6.45) is 0. The summed E-state index contributed by atoms with van der Waals surface area (Å²) >= 11 is 0. The Morgan fingerprint density at radius 3 is 2.04 bits per heavy atom. The highest BCUT2D eigenvalue weighted by molar-refractivity contribution is 5.61. The third-order valence-corrected chi connectivity index (χ3v) is 5.97. The number of aryl methyl sites for hydroxylation is 3. The fourth-order valence-electron chi connectivity index (χ4n) is 3.28. The van der Waals surface area contributed by atoms with Crippen LogP contribution in [0.1, 0.15) is 57.1 Å². The van der Waals surface area contributed by atoms with Crippen molar-refractivity contribution in [1.82, 2.24) is 14.8 Å². The first kappa shape index (κ1) is 19.3. The molecule has 1 heterocycles. The van der Waals surface area contributed by atoms with Gasteiger partial charge in [-0.25, -0.2) is 0 Å². The van der Waals surface area contributed by atoms with Crippen molar-refractivity contribution in [2.24, 2.45) is 5.41 Å². The van der Waals surface area contributed by atoms with Crippen molar-refractivity contribution in [2.45, 2.75) is 60.8 Å². The molecule has 0 aliphatic rings. The second kappa shape index (κ2) is 6.63. The van der Waals surface area contributed by atoms with Crippen LogP contribution in [0.3, 0.4) is 0 Å². The van der Waals surface area contributed by atoms with Gasteiger partial charge in [-0.05, 0) is 43.9 Å². The van der Waals surface area contributed by atoms with E-state index in [0.29, 0.717) is 0 Å². The Morgan fingerprint density at radius 2 is 1.44 bits per heavy atom. The van der Waals surface area contributed by atoms with Gasteiger partial charge in [0.05, 0.1) is 5.69 Å². The summed E-state index contributed by atoms with van der Waals surface area (Å²) in [5, 5.41) is 9.37. The van der Waals surface area contributed by atoms with Crippen LogP contribution < -0.4 is 0 Å². The van der Waals surface area contributed by atoms with Crippen molar-refractivity contribution < 1.29 is 0 Å². The molecule has 142 valence electrons. The molecule has 0 bridgehead atoms. The molecule has 0 unspecified atom stereocenters. The lowest BCUT2D eigenvalue weighted by Crippen LogP contribution is -2.36. The first-order valence-corrected chi connectivity index (χ1v) is 9.63. The van der Waals surface area contributed by atoms with Crippen LogP contribution in [0.15, 0.2) is 42.5 Å². The number of rotatable bonds is 3. The maximum atomic E-state index is 4.71. The first-order valence-electron chi connectivity index (χ1n) is 9.63. The van der Waals surface area contributed by atoms with E-state index in [-0.39, 0.29) is 10.8 Å². The van der Waals surface area contributed by atoms with Gasteiger partial charge in [-0.1, -0.05) is 76.1 Å². The van der Waals surface area contributed by atoms with Crippen LogP contribution in [0.5, 0.6) is 0 Å². The third kappa shape index (κ3) is 3.43. The van der Waals surface area contributed by atoms with Crippen molar-refractivity contribution in [1.29, 1.82) is 0 Å². The largest absolute Gasteiger partial charge is 0.278 e. The summed E-state index contributed by atoms with van der Waals surface area (Å²) < 4.78 is 2.26. The van der Waals surface area contributed by atoms with Gasteiger partial charge >= 0.3 is 0 Å². The Kier molecular flexibility index (Phi) is 4.75. The summed E-state index contributed by atoms with van der Waals surface area (Å²) in [6.45, 7) is 17.7. The topological polar surface area (TPSA) is 30.7 Å². The van der Waals surface area contributed by atoms with E-state index < -0.39 is 0 Å². The van der Waals surface area contributed by atoms with E-state index in [9.17, 15) is 0 Å². The zero-order valence-electron chi connectivity index (χ0n) is 17.9. The predicted molar refractivity (Wildman–Crippen MR) is 113 cm³/mol. The van der Waals surface area contributed by atoms with Crippen LogP contribution in [-0.2, 0) is 5.41 Å². The molecule has 0 spiro atoms. The molecule has 0 saturated heterocycles. The molecule has 0 fully saturated rings. The molecule has 0 radical (unpaired) electrons. The monoisotopic (exact) mass is 361 g/mol. The van der Waals surface area contributed by atoms with Gasteiger partial charge in [0, 0.05) is 11.0 Å². The summed E-state index contributed by atoms with van der Waals surface area (Å²) in [4.78, 5) is 0. The molecule has 0 aliphatic heterocycles. The number of aromatic nitrogens is 3. The van der Waals surface area contributed by atoms with Crippen molar-refractivity contribution in [3.8, 4) is 17.1 Å². The highest BCUT2D eigenvalue weighted by atomic mass is 15.3. The molecule has 0 aliphatic carbocycles. The lowest BCUT2D eigenvalue weighted by atomic mass is 9.68. The second-order valence-electron chi connectivity index (χ2n) is 9.22. The number of hydrogen-bond donors (Lipinski definition) is 0. The van der Waals surface area contributed by atoms with Crippen molar-refractivity contribution in [3.05, 3.63) is 65.0 Å². The molecule has 0 saturated carbocycles. The molecule has 0 N–H and O–H groups in total. The average molecular weight is 362 g/mol. The Bertz CT molecular complexity index is 972. The summed E-state index contributed by atoms with van der Waals surface area (Å²) in [5.74, 6) is 1.90. The SMILES string of the molecule is Cc1cccc(-c2nnc(C(C)(C)C(C)(C)C)n2-c2ccc(C)cc2C)c1. The molecule has 3 heteroatoms. The minimum Gasteiger partial charge on any atom is -0.278 e. The van der Waals surface area contributed by atoms with Crippen molar-refractivity contribution in [3.63, 3.8) is 0 Å². The smallest absolute Gasteiger partial charge is 0.168 e. The number of nitrogens with zero attached hydrogens (tertiary/aromatic N) is 3. The van der Waals surface area contributed by atoms with E-state index in [1.807, 2.05) is 0 Å². The fourth-order valence-corrected chi connectivity index (χ4v) is 3.28. The molecule has 0 atom stereocenters. The van der Waals surface area contributed by atoms with Gasteiger partial charge < -0.3 is 0 Å². The van der Waals surface area contributed by atoms with Gasteiger partial charge in [0.15, 0.2) is 5.82 Å². The van der Waals surface area contributed by atoms with Crippen LogP contribution in [0, 0.1) is 26.2 Å². The molecule has 0 amide bonds. The quantitative estimate of drug-likeness (QED) is 0.557. The highest BCUT2D eigenvalue weighted by Gasteiger charge is 2.40. The lowest BCUT2D eigenvalue weighted by Gasteiger charge is -2.38. The minimum atomic E-state index is -0.153. The maximum absolute atomic E-state index is 4.71. The van der Waals surface area contributed by atoms with Gasteiger partial charge in [-0.2, -0.15) is 0 Å². The van der Waals surface area contributed by atoms with Crippen LogP contribution >= 0.6 is 0 Å². The lowest BCUT2D eigenvalue weighted by molar-refractivity contribution is 0.211. The Morgan fingerprint density at radius 1 is 0.778 bits per heavy atom. The van der Waals surface area contributed by atoms with E-state index in [1.165, 1.54) is 16.7 Å². The average Bonchev–Trinajstić information content (AvgIpc) is 2.99. The van der Waals surface area contributed by atoms with Crippen LogP contribution in [0.4, 0.5) is 0 Å². The van der Waals surface area contributed by atoms with Crippen molar-refractivity contribution in [2.75, 3.05) is 0 Å². The molecule has 3 aromatic rings. The van der Waals surface area contributed by atoms with Gasteiger partial charge in [-0.3, -0.25) is 4.57 Å². The van der Waals surface area contributed by atoms with Crippen LogP contribution in [-0.4, -0.2) is 14.8 Å². The van der Waals surface area contributed by atoms with E-state index in [4.69, 9.17) is 5.10 Å². The van der Waals surface area contributed by atoms with E-state index in [2.05, 4.69) is 108 Å². The minimum absolute atomic E-state index is 0.0419. The molecular weight excluding hydrogens is 330 g/mol. The van der Waals surface area contributed by atoms with E-state index >= 15 is 0 Å². The zero-order chi connectivity index (χ0) is 20.0. The van der Waals surface area contributed by atoms with E-state index in [0.717, 1.165) is 22.9 Å². The van der Waals surface area contributed by atoms with Gasteiger partial charge in [0.1, 0.15) is 5.82 Å². The normalized spacial score (nSPS) is 12.4.